The summed E-state index contributed by atoms with van der Waals surface area (Å²) in [5, 5.41) is 14.9. The molecule has 0 atom stereocenters. The van der Waals surface area contributed by atoms with Gasteiger partial charge in [-0.05, 0) is 70.6 Å². The molecule has 0 saturated carbocycles. The number of nitro benzene ring substituents is 1. The number of nitrogens with one attached hydrogen (secondary N) is 2. The lowest BCUT2D eigenvalue weighted by atomic mass is 9.99. The minimum absolute atomic E-state index is 0.0418. The summed E-state index contributed by atoms with van der Waals surface area (Å²) in [5.41, 5.74) is 7.19. The van der Waals surface area contributed by atoms with Crippen LogP contribution in [0.3, 0.4) is 0 Å². The van der Waals surface area contributed by atoms with E-state index in [1.165, 1.54) is 34.3 Å². The van der Waals surface area contributed by atoms with Gasteiger partial charge in [0.05, 0.1) is 4.92 Å². The molecule has 1 aliphatic heterocycles. The first kappa shape index (κ1) is 28.5. The highest BCUT2D eigenvalue weighted by atomic mass is 35.5. The van der Waals surface area contributed by atoms with E-state index in [9.17, 15) is 10.1 Å². The minimum Gasteiger partial charge on any atom is -0.383 e. The van der Waals surface area contributed by atoms with E-state index < -0.39 is 0 Å². The number of benzene rings is 4. The number of hydrogen-bond acceptors (Lipinski definition) is 7. The summed E-state index contributed by atoms with van der Waals surface area (Å²) < 4.78 is 3.22. The highest BCUT2D eigenvalue weighted by Gasteiger charge is 2.19. The van der Waals surface area contributed by atoms with Gasteiger partial charge >= 0.3 is 0 Å². The van der Waals surface area contributed by atoms with Gasteiger partial charge in [-0.1, -0.05) is 66.7 Å². The Balaban J connectivity index is 1.15. The Kier molecular flexibility index (Phi) is 9.14. The van der Waals surface area contributed by atoms with Gasteiger partial charge in [-0.2, -0.15) is 0 Å². The van der Waals surface area contributed by atoms with Crippen molar-refractivity contribution >= 4 is 46.3 Å². The van der Waals surface area contributed by atoms with E-state index in [1.54, 1.807) is 19.2 Å². The summed E-state index contributed by atoms with van der Waals surface area (Å²) in [6.07, 6.45) is 0. The van der Waals surface area contributed by atoms with Crippen LogP contribution in [0, 0.1) is 10.1 Å². The first-order valence-corrected chi connectivity index (χ1v) is 14.6. The molecule has 0 bridgehead atoms. The molecule has 0 spiro atoms. The monoisotopic (exact) mass is 585 g/mol. The Hall–Kier alpha value is -3.98. The molecular formula is C32H32ClN5O2S. The molecule has 0 amide bonds. The average Bonchev–Trinajstić information content (AvgIpc) is 3.01. The van der Waals surface area contributed by atoms with Gasteiger partial charge in [0.1, 0.15) is 5.69 Å². The maximum atomic E-state index is 11.3. The standard InChI is InChI=1S/C32H32ClN5O2S/c1-23(35-41-29-15-16-31(34-2)32(21-29)38(39)40)24-9-13-28(14-10-24)37-19-17-36(18-20-37)22-26-5-3-4-6-30(26)25-7-11-27(33)12-8-25/h3-16,21,34-35H,1,17-20,22H2,2H3. The van der Waals surface area contributed by atoms with Crippen molar-refractivity contribution in [1.82, 2.24) is 9.62 Å². The molecule has 9 heteroatoms. The van der Waals surface area contributed by atoms with E-state index >= 15 is 0 Å². The maximum Gasteiger partial charge on any atom is 0.293 e. The van der Waals surface area contributed by atoms with Crippen LogP contribution in [0.25, 0.3) is 16.8 Å². The summed E-state index contributed by atoms with van der Waals surface area (Å²) in [5.74, 6) is 0. The molecular weight excluding hydrogens is 554 g/mol. The van der Waals surface area contributed by atoms with Crippen LogP contribution < -0.4 is 14.9 Å². The van der Waals surface area contributed by atoms with Crippen molar-refractivity contribution in [3.05, 3.63) is 124 Å². The molecule has 2 N–H and O–H groups in total. The fourth-order valence-corrected chi connectivity index (χ4v) is 5.76. The van der Waals surface area contributed by atoms with Crippen molar-refractivity contribution in [2.24, 2.45) is 0 Å². The van der Waals surface area contributed by atoms with Gasteiger partial charge < -0.3 is 14.9 Å². The predicted molar refractivity (Wildman–Crippen MR) is 171 cm³/mol. The molecule has 210 valence electrons. The Morgan fingerprint density at radius 2 is 1.68 bits per heavy atom. The van der Waals surface area contributed by atoms with E-state index in [0.717, 1.165) is 53.9 Å². The first-order chi connectivity index (χ1) is 19.9. The predicted octanol–water partition coefficient (Wildman–Crippen LogP) is 7.55. The summed E-state index contributed by atoms with van der Waals surface area (Å²) in [7, 11) is 1.67. The number of halogens is 1. The van der Waals surface area contributed by atoms with E-state index in [-0.39, 0.29) is 10.6 Å². The number of piperazine rings is 1. The Bertz CT molecular complexity index is 1520. The second-order valence-corrected chi connectivity index (χ2v) is 11.2. The second-order valence-electron chi connectivity index (χ2n) is 9.84. The molecule has 0 unspecified atom stereocenters. The number of anilines is 2. The molecule has 1 aliphatic rings. The van der Waals surface area contributed by atoms with Crippen molar-refractivity contribution < 1.29 is 4.92 Å². The highest BCUT2D eigenvalue weighted by Crippen LogP contribution is 2.31. The lowest BCUT2D eigenvalue weighted by molar-refractivity contribution is -0.384. The van der Waals surface area contributed by atoms with Crippen molar-refractivity contribution in [3.8, 4) is 11.1 Å². The van der Waals surface area contributed by atoms with Gasteiger partial charge in [0.2, 0.25) is 0 Å². The summed E-state index contributed by atoms with van der Waals surface area (Å²) in [6.45, 7) is 8.95. The van der Waals surface area contributed by atoms with Crippen molar-refractivity contribution in [2.75, 3.05) is 43.4 Å². The third kappa shape index (κ3) is 7.03. The van der Waals surface area contributed by atoms with Gasteiger partial charge in [-0.15, -0.1) is 0 Å². The lowest BCUT2D eigenvalue weighted by Crippen LogP contribution is -2.46. The van der Waals surface area contributed by atoms with Crippen LogP contribution in [0.5, 0.6) is 0 Å². The molecule has 5 rings (SSSR count). The van der Waals surface area contributed by atoms with E-state index in [2.05, 4.69) is 87.1 Å². The first-order valence-electron chi connectivity index (χ1n) is 13.4. The van der Waals surface area contributed by atoms with Gasteiger partial charge in [0.25, 0.3) is 5.69 Å². The molecule has 0 aromatic heterocycles. The SMILES string of the molecule is C=C(NSc1ccc(NC)c([N+](=O)[O-])c1)c1ccc(N2CCN(Cc3ccccc3-c3ccc(Cl)cc3)CC2)cc1. The molecule has 0 radical (unpaired) electrons. The number of hydrogen-bond donors (Lipinski definition) is 2. The zero-order chi connectivity index (χ0) is 28.8. The minimum atomic E-state index is -0.385. The average molecular weight is 586 g/mol. The largest absolute Gasteiger partial charge is 0.383 e. The molecule has 4 aromatic rings. The van der Waals surface area contributed by atoms with E-state index in [4.69, 9.17) is 11.6 Å². The quantitative estimate of drug-likeness (QED) is 0.113. The summed E-state index contributed by atoms with van der Waals surface area (Å²) in [4.78, 5) is 16.6. The molecule has 1 saturated heterocycles. The zero-order valence-electron chi connectivity index (χ0n) is 22.8. The molecule has 1 heterocycles. The van der Waals surface area contributed by atoms with Crippen molar-refractivity contribution in [2.45, 2.75) is 11.4 Å². The molecule has 41 heavy (non-hydrogen) atoms. The Labute approximate surface area is 250 Å². The molecule has 0 aliphatic carbocycles. The Morgan fingerprint density at radius 1 is 0.976 bits per heavy atom. The van der Waals surface area contributed by atoms with Gasteiger partial charge in [-0.3, -0.25) is 15.0 Å². The van der Waals surface area contributed by atoms with Gasteiger partial charge in [0.15, 0.2) is 0 Å². The molecule has 4 aromatic carbocycles. The van der Waals surface area contributed by atoms with Crippen LogP contribution in [0.2, 0.25) is 5.02 Å². The summed E-state index contributed by atoms with van der Waals surface area (Å²) >= 11 is 7.40. The van der Waals surface area contributed by atoms with E-state index in [0.29, 0.717) is 5.69 Å². The Morgan fingerprint density at radius 3 is 2.37 bits per heavy atom. The number of nitrogens with zero attached hydrogens (tertiary/aromatic N) is 3. The lowest BCUT2D eigenvalue weighted by Gasteiger charge is -2.36. The van der Waals surface area contributed by atoms with E-state index in [1.807, 2.05) is 18.2 Å². The number of rotatable bonds is 10. The fourth-order valence-electron chi connectivity index (χ4n) is 4.96. The molecule has 1 fully saturated rings. The smallest absolute Gasteiger partial charge is 0.293 e. The third-order valence-electron chi connectivity index (χ3n) is 7.25. The number of nitro groups is 1. The van der Waals surface area contributed by atoms with Gasteiger partial charge in [0, 0.05) is 67.1 Å². The van der Waals surface area contributed by atoms with Crippen LogP contribution in [-0.4, -0.2) is 43.0 Å². The second kappa shape index (κ2) is 13.1. The molecule has 7 nitrogen and oxygen atoms in total. The van der Waals surface area contributed by atoms with Crippen molar-refractivity contribution in [1.29, 1.82) is 0 Å². The van der Waals surface area contributed by atoms with Crippen molar-refractivity contribution in [3.63, 3.8) is 0 Å². The fraction of sp³-hybridized carbons (Fsp3) is 0.188. The highest BCUT2D eigenvalue weighted by molar-refractivity contribution is 7.97. The topological polar surface area (TPSA) is 73.7 Å². The van der Waals surface area contributed by atoms with Crippen LogP contribution in [-0.2, 0) is 6.54 Å². The normalized spacial score (nSPS) is 13.6. The summed E-state index contributed by atoms with van der Waals surface area (Å²) in [6, 6.07) is 30.1. The van der Waals surface area contributed by atoms with Crippen LogP contribution in [0.1, 0.15) is 11.1 Å². The van der Waals surface area contributed by atoms with Crippen LogP contribution in [0.4, 0.5) is 17.1 Å². The van der Waals surface area contributed by atoms with Crippen LogP contribution >= 0.6 is 23.5 Å². The zero-order valence-corrected chi connectivity index (χ0v) is 24.4. The van der Waals surface area contributed by atoms with Gasteiger partial charge in [-0.25, -0.2) is 0 Å². The maximum absolute atomic E-state index is 11.3. The van der Waals surface area contributed by atoms with Crippen LogP contribution in [0.15, 0.2) is 102 Å². The third-order valence-corrected chi connectivity index (χ3v) is 8.34.